The van der Waals surface area contributed by atoms with Crippen molar-refractivity contribution in [1.29, 1.82) is 0 Å². The number of carbonyl (C=O) groups excluding carboxylic acids is 10. The maximum atomic E-state index is 13.4. The summed E-state index contributed by atoms with van der Waals surface area (Å²) in [5.41, 5.74) is 5.27. The maximum Gasteiger partial charge on any atom is 0.325 e. The molecule has 2 rings (SSSR count). The number of aliphatic hydroxyl groups excluding tert-OH is 1. The number of hydrogen-bond donors (Lipinski definition) is 12. The molecule has 24 heteroatoms. The number of nitrogens with two attached hydrogens (primary N) is 1. The van der Waals surface area contributed by atoms with Gasteiger partial charge in [-0.2, -0.15) is 0 Å². The molecule has 0 saturated carbocycles. The Labute approximate surface area is 365 Å². The number of amides is 10. The number of β-amino-alcohol motifs (C(OH)–C–C–N with tert-alkyl or cyclic N) is 1. The molecule has 0 aromatic heterocycles. The summed E-state index contributed by atoms with van der Waals surface area (Å²) in [5.74, 6) is -8.66. The van der Waals surface area contributed by atoms with Crippen LogP contribution in [0.5, 0.6) is 0 Å². The van der Waals surface area contributed by atoms with Gasteiger partial charge in [0.2, 0.25) is 59.1 Å². The smallest absolute Gasteiger partial charge is 0.325 e. The van der Waals surface area contributed by atoms with Crippen LogP contribution < -0.4 is 53.6 Å². The van der Waals surface area contributed by atoms with Crippen molar-refractivity contribution < 1.29 is 63.0 Å². The SMILES string of the molecule is CC(C)C[C@H](NC(=O)CNC(=O)[C@H](CC(C)C)NC(=O)[C@H](CCC(N)=O)NC(=O)CNC(=O)C1C[C@H](O)CN1)C(=O)N[C@@H](C)C(=O)NCC(=O)N1CCC[C@H]1C(=O)N[C@@H](C)C(=O)O. The predicted molar refractivity (Wildman–Crippen MR) is 222 cm³/mol. The fourth-order valence-corrected chi connectivity index (χ4v) is 6.73. The van der Waals surface area contributed by atoms with Crippen molar-refractivity contribution in [2.24, 2.45) is 17.6 Å². The molecule has 2 aliphatic rings. The van der Waals surface area contributed by atoms with E-state index >= 15 is 0 Å². The van der Waals surface area contributed by atoms with Gasteiger partial charge in [0.05, 0.1) is 31.8 Å². The number of carboxylic acids is 1. The van der Waals surface area contributed by atoms with Crippen LogP contribution in [0.3, 0.4) is 0 Å². The first-order valence-corrected chi connectivity index (χ1v) is 21.0. The summed E-state index contributed by atoms with van der Waals surface area (Å²) in [6.45, 7) is 8.56. The van der Waals surface area contributed by atoms with Gasteiger partial charge in [0.1, 0.15) is 36.3 Å². The van der Waals surface area contributed by atoms with E-state index in [2.05, 4.69) is 47.9 Å². The number of rotatable bonds is 25. The summed E-state index contributed by atoms with van der Waals surface area (Å²) >= 11 is 0. The summed E-state index contributed by atoms with van der Waals surface area (Å²) in [6.07, 6.45) is -0.0623. The van der Waals surface area contributed by atoms with Gasteiger partial charge in [0.15, 0.2) is 0 Å². The highest BCUT2D eigenvalue weighted by atomic mass is 16.4. The van der Waals surface area contributed by atoms with E-state index in [1.807, 2.05) is 0 Å². The van der Waals surface area contributed by atoms with Crippen LogP contribution in [0, 0.1) is 11.8 Å². The minimum atomic E-state index is -1.34. The molecule has 0 aromatic rings. The molecule has 354 valence electrons. The van der Waals surface area contributed by atoms with Crippen molar-refractivity contribution in [1.82, 2.24) is 52.8 Å². The van der Waals surface area contributed by atoms with E-state index in [0.29, 0.717) is 12.8 Å². The van der Waals surface area contributed by atoms with Crippen molar-refractivity contribution in [2.45, 2.75) is 135 Å². The largest absolute Gasteiger partial charge is 0.480 e. The third-order valence-electron chi connectivity index (χ3n) is 10.1. The lowest BCUT2D eigenvalue weighted by Gasteiger charge is -2.26. The number of nitrogens with zero attached hydrogens (tertiary/aromatic N) is 1. The van der Waals surface area contributed by atoms with Crippen LogP contribution >= 0.6 is 0 Å². The second-order valence-electron chi connectivity index (χ2n) is 16.6. The lowest BCUT2D eigenvalue weighted by atomic mass is 10.0. The monoisotopic (exact) mass is 895 g/mol. The average Bonchev–Trinajstić information content (AvgIpc) is 3.88. The van der Waals surface area contributed by atoms with Gasteiger partial charge >= 0.3 is 5.97 Å². The van der Waals surface area contributed by atoms with Crippen LogP contribution in [0.4, 0.5) is 0 Å². The number of likely N-dealkylation sites (tertiary alicyclic amines) is 1. The quantitative estimate of drug-likeness (QED) is 0.0408. The molecule has 0 aromatic carbocycles. The molecule has 13 N–H and O–H groups in total. The van der Waals surface area contributed by atoms with Gasteiger partial charge in [-0.15, -0.1) is 0 Å². The Balaban J connectivity index is 1.98. The van der Waals surface area contributed by atoms with Gasteiger partial charge < -0.3 is 68.7 Å². The average molecular weight is 896 g/mol. The molecule has 2 saturated heterocycles. The van der Waals surface area contributed by atoms with E-state index in [1.165, 1.54) is 18.7 Å². The van der Waals surface area contributed by atoms with Gasteiger partial charge in [0.25, 0.3) is 0 Å². The summed E-state index contributed by atoms with van der Waals surface area (Å²) < 4.78 is 0. The van der Waals surface area contributed by atoms with Crippen LogP contribution in [-0.4, -0.2) is 161 Å². The maximum absolute atomic E-state index is 13.4. The summed E-state index contributed by atoms with van der Waals surface area (Å²) in [5, 5.41) is 41.2. The minimum absolute atomic E-state index is 0.0932. The van der Waals surface area contributed by atoms with Crippen molar-refractivity contribution in [2.75, 3.05) is 32.7 Å². The number of carbonyl (C=O) groups is 11. The highest BCUT2D eigenvalue weighted by Gasteiger charge is 2.36. The number of primary amides is 1. The van der Waals surface area contributed by atoms with Crippen LogP contribution in [0.15, 0.2) is 0 Å². The molecule has 2 heterocycles. The zero-order valence-corrected chi connectivity index (χ0v) is 36.7. The lowest BCUT2D eigenvalue weighted by Crippen LogP contribution is -2.57. The zero-order valence-electron chi connectivity index (χ0n) is 36.7. The van der Waals surface area contributed by atoms with Crippen LogP contribution in [-0.2, 0) is 52.7 Å². The molecular formula is C39H65N11O13. The predicted octanol–water partition coefficient (Wildman–Crippen LogP) is -5.05. The highest BCUT2D eigenvalue weighted by molar-refractivity contribution is 5.97. The molecule has 0 radical (unpaired) electrons. The molecule has 0 aliphatic carbocycles. The topological polar surface area (TPSA) is 366 Å². The highest BCUT2D eigenvalue weighted by Crippen LogP contribution is 2.18. The van der Waals surface area contributed by atoms with Crippen molar-refractivity contribution in [3.63, 3.8) is 0 Å². The molecule has 24 nitrogen and oxygen atoms in total. The number of carboxylic acid groups (broad SMARTS) is 1. The van der Waals surface area contributed by atoms with E-state index in [4.69, 9.17) is 10.8 Å². The number of aliphatic hydroxyl groups is 1. The van der Waals surface area contributed by atoms with E-state index < -0.39 is 133 Å². The Morgan fingerprint density at radius 1 is 0.667 bits per heavy atom. The Morgan fingerprint density at radius 2 is 1.22 bits per heavy atom. The van der Waals surface area contributed by atoms with Crippen molar-refractivity contribution >= 4 is 65.0 Å². The summed E-state index contributed by atoms with van der Waals surface area (Å²) in [6, 6.07) is -7.67. The molecule has 63 heavy (non-hydrogen) atoms. The van der Waals surface area contributed by atoms with Crippen LogP contribution in [0.25, 0.3) is 0 Å². The molecule has 10 amide bonds. The molecule has 2 fully saturated rings. The second-order valence-corrected chi connectivity index (χ2v) is 16.6. The van der Waals surface area contributed by atoms with Crippen LogP contribution in [0.1, 0.15) is 86.5 Å². The number of aliphatic carboxylic acids is 1. The Hall–Kier alpha value is -5.91. The standard InChI is InChI=1S/C39H65N11O13/c1-19(2)12-26(49-36(59)24(9-10-29(40)52)47-30(53)16-42-34(57)25-14-23(51)15-41-25)35(58)43-17-31(54)48-27(13-20(3)4)37(60)45-21(5)33(56)44-18-32(55)50-11-7-8-28(50)38(61)46-22(6)39(62)63/h19-28,41,51H,7-18H2,1-6H3,(H2,40,52)(H,42,57)(H,43,58)(H,44,56)(H,45,60)(H,46,61)(H,47,53)(H,48,54)(H,49,59)(H,62,63)/t21-,22-,23-,24-,25?,26-,27-,28-/m0/s1. The van der Waals surface area contributed by atoms with Crippen molar-refractivity contribution in [3.05, 3.63) is 0 Å². The molecule has 1 unspecified atom stereocenters. The first-order chi connectivity index (χ1) is 29.5. The fraction of sp³-hybridized carbons (Fsp3) is 0.718. The fourth-order valence-electron chi connectivity index (χ4n) is 6.73. The Morgan fingerprint density at radius 3 is 1.78 bits per heavy atom. The zero-order chi connectivity index (χ0) is 47.6. The molecule has 2 aliphatic heterocycles. The first kappa shape index (κ1) is 53.2. The molecule has 0 bridgehead atoms. The number of nitrogens with one attached hydrogen (secondary N) is 9. The van der Waals surface area contributed by atoms with Crippen LogP contribution in [0.2, 0.25) is 0 Å². The minimum Gasteiger partial charge on any atom is -0.480 e. The van der Waals surface area contributed by atoms with E-state index in [9.17, 15) is 57.8 Å². The van der Waals surface area contributed by atoms with Gasteiger partial charge in [-0.1, -0.05) is 27.7 Å². The van der Waals surface area contributed by atoms with E-state index in [1.54, 1.807) is 27.7 Å². The first-order valence-electron chi connectivity index (χ1n) is 21.0. The van der Waals surface area contributed by atoms with Gasteiger partial charge in [0, 0.05) is 19.5 Å². The third kappa shape index (κ3) is 18.9. The second kappa shape index (κ2) is 25.9. The summed E-state index contributed by atoms with van der Waals surface area (Å²) in [7, 11) is 0. The third-order valence-corrected chi connectivity index (χ3v) is 10.1. The normalized spacial score (nSPS) is 19.4. The van der Waals surface area contributed by atoms with Gasteiger partial charge in [-0.25, -0.2) is 0 Å². The van der Waals surface area contributed by atoms with E-state index in [0.717, 1.165) is 0 Å². The van der Waals surface area contributed by atoms with E-state index in [-0.39, 0.29) is 57.0 Å². The van der Waals surface area contributed by atoms with Gasteiger partial charge in [-0.05, 0) is 64.2 Å². The molecule has 0 spiro atoms. The van der Waals surface area contributed by atoms with Crippen molar-refractivity contribution in [3.8, 4) is 0 Å². The molecule has 8 atom stereocenters. The Bertz CT molecular complexity index is 1690. The lowest BCUT2D eigenvalue weighted by molar-refractivity contribution is -0.143. The molecular weight excluding hydrogens is 830 g/mol. The summed E-state index contributed by atoms with van der Waals surface area (Å²) in [4.78, 5) is 141. The number of hydrogen-bond acceptors (Lipinski definition) is 13. The van der Waals surface area contributed by atoms with Gasteiger partial charge in [-0.3, -0.25) is 52.7 Å². The Kier molecular flexibility index (Phi) is 21.9.